The van der Waals surface area contributed by atoms with E-state index in [1.165, 1.54) is 6.42 Å². The molecule has 4 unspecified atom stereocenters. The summed E-state index contributed by atoms with van der Waals surface area (Å²) in [7, 11) is 1.73. The Kier molecular flexibility index (Phi) is 15.9. The molecule has 152 valence electrons. The Balaban J connectivity index is 3.50. The van der Waals surface area contributed by atoms with Crippen LogP contribution in [-0.2, 0) is 18.9 Å². The first-order valence-electron chi connectivity index (χ1n) is 10.1. The third-order valence-electron chi connectivity index (χ3n) is 4.09. The van der Waals surface area contributed by atoms with E-state index in [-0.39, 0.29) is 0 Å². The van der Waals surface area contributed by atoms with Gasteiger partial charge in [-0.15, -0.1) is 0 Å². The van der Waals surface area contributed by atoms with E-state index in [4.69, 9.17) is 18.9 Å². The van der Waals surface area contributed by atoms with Gasteiger partial charge in [0.25, 0.3) is 0 Å². The highest BCUT2D eigenvalue weighted by Gasteiger charge is 2.09. The lowest BCUT2D eigenvalue weighted by atomic mass is 10.00. The molecule has 0 fully saturated rings. The molecule has 4 nitrogen and oxygen atoms in total. The Hall–Kier alpha value is -0.160. The van der Waals surface area contributed by atoms with Crippen LogP contribution in [0.15, 0.2) is 0 Å². The standard InChI is InChI=1S/C21H44O4/c1-17(2)10-19(4)13-24-12-18(3)8-9-23-14-21(6)16-25-15-20(5)11-22-7/h17-21H,8-16H2,1-7H3. The van der Waals surface area contributed by atoms with Gasteiger partial charge in [-0.05, 0) is 30.6 Å². The first-order chi connectivity index (χ1) is 11.8. The fourth-order valence-electron chi connectivity index (χ4n) is 2.85. The Bertz CT molecular complexity index is 283. The molecule has 4 heteroatoms. The van der Waals surface area contributed by atoms with Crippen LogP contribution >= 0.6 is 0 Å². The Labute approximate surface area is 156 Å². The van der Waals surface area contributed by atoms with Crippen molar-refractivity contribution in [1.29, 1.82) is 0 Å². The first kappa shape index (κ1) is 24.8. The first-order valence-corrected chi connectivity index (χ1v) is 10.1. The number of hydrogen-bond donors (Lipinski definition) is 0. The number of hydrogen-bond acceptors (Lipinski definition) is 4. The fraction of sp³-hybridized carbons (Fsp3) is 1.00. The molecule has 0 aliphatic rings. The van der Waals surface area contributed by atoms with Crippen molar-refractivity contribution in [3.8, 4) is 0 Å². The van der Waals surface area contributed by atoms with Gasteiger partial charge < -0.3 is 18.9 Å². The predicted molar refractivity (Wildman–Crippen MR) is 105 cm³/mol. The van der Waals surface area contributed by atoms with Crippen molar-refractivity contribution >= 4 is 0 Å². The van der Waals surface area contributed by atoms with E-state index in [0.717, 1.165) is 58.6 Å². The minimum Gasteiger partial charge on any atom is -0.384 e. The van der Waals surface area contributed by atoms with Gasteiger partial charge >= 0.3 is 0 Å². The van der Waals surface area contributed by atoms with E-state index in [9.17, 15) is 0 Å². The van der Waals surface area contributed by atoms with Gasteiger partial charge in [0.1, 0.15) is 0 Å². The van der Waals surface area contributed by atoms with Crippen LogP contribution in [0.2, 0.25) is 0 Å². The minimum atomic E-state index is 0.429. The highest BCUT2D eigenvalue weighted by Crippen LogP contribution is 2.12. The SMILES string of the molecule is COCC(C)COCC(C)COCCC(C)COCC(C)CC(C)C. The molecule has 0 amide bonds. The molecule has 0 heterocycles. The molecule has 0 radical (unpaired) electrons. The predicted octanol–water partition coefficient (Wildman–Crippen LogP) is 4.66. The van der Waals surface area contributed by atoms with Crippen molar-refractivity contribution in [1.82, 2.24) is 0 Å². The highest BCUT2D eigenvalue weighted by molar-refractivity contribution is 4.57. The molecular formula is C21H44O4. The summed E-state index contributed by atoms with van der Waals surface area (Å²) < 4.78 is 22.5. The highest BCUT2D eigenvalue weighted by atomic mass is 16.5. The Morgan fingerprint density at radius 3 is 1.60 bits per heavy atom. The van der Waals surface area contributed by atoms with Gasteiger partial charge in [0.15, 0.2) is 0 Å². The maximum atomic E-state index is 5.85. The van der Waals surface area contributed by atoms with Crippen molar-refractivity contribution in [2.75, 3.05) is 53.4 Å². The maximum Gasteiger partial charge on any atom is 0.0513 e. The van der Waals surface area contributed by atoms with Crippen LogP contribution in [0.25, 0.3) is 0 Å². The molecule has 0 aromatic rings. The topological polar surface area (TPSA) is 36.9 Å². The third-order valence-corrected chi connectivity index (χ3v) is 4.09. The molecule has 0 N–H and O–H groups in total. The minimum absolute atomic E-state index is 0.429. The summed E-state index contributed by atoms with van der Waals surface area (Å²) in [6.07, 6.45) is 2.29. The van der Waals surface area contributed by atoms with E-state index in [1.54, 1.807) is 7.11 Å². The Morgan fingerprint density at radius 2 is 1.04 bits per heavy atom. The normalized spacial score (nSPS) is 16.8. The average Bonchev–Trinajstić information content (AvgIpc) is 2.51. The summed E-state index contributed by atoms with van der Waals surface area (Å²) in [6.45, 7) is 18.9. The van der Waals surface area contributed by atoms with E-state index in [2.05, 4.69) is 41.5 Å². The number of rotatable bonds is 17. The molecule has 0 spiro atoms. The van der Waals surface area contributed by atoms with Gasteiger partial charge in [0.05, 0.1) is 26.4 Å². The number of ether oxygens (including phenoxy) is 4. The lowest BCUT2D eigenvalue weighted by molar-refractivity contribution is 0.0153. The van der Waals surface area contributed by atoms with Crippen molar-refractivity contribution < 1.29 is 18.9 Å². The third kappa shape index (κ3) is 17.0. The second-order valence-corrected chi connectivity index (χ2v) is 8.44. The van der Waals surface area contributed by atoms with Crippen LogP contribution in [0.4, 0.5) is 0 Å². The smallest absolute Gasteiger partial charge is 0.0513 e. The summed E-state index contributed by atoms with van der Waals surface area (Å²) in [5, 5.41) is 0. The van der Waals surface area contributed by atoms with E-state index >= 15 is 0 Å². The van der Waals surface area contributed by atoms with Gasteiger partial charge in [-0.1, -0.05) is 41.5 Å². The monoisotopic (exact) mass is 360 g/mol. The molecule has 4 atom stereocenters. The van der Waals surface area contributed by atoms with Crippen LogP contribution in [-0.4, -0.2) is 53.4 Å². The summed E-state index contributed by atoms with van der Waals surface area (Å²) in [5.74, 6) is 2.82. The van der Waals surface area contributed by atoms with Crippen molar-refractivity contribution in [2.45, 2.75) is 54.4 Å². The zero-order chi connectivity index (χ0) is 19.1. The lowest BCUT2D eigenvalue weighted by Crippen LogP contribution is -2.19. The summed E-state index contributed by atoms with van der Waals surface area (Å²) in [6, 6.07) is 0. The molecule has 0 aliphatic heterocycles. The average molecular weight is 361 g/mol. The lowest BCUT2D eigenvalue weighted by Gasteiger charge is -2.18. The summed E-state index contributed by atoms with van der Waals surface area (Å²) in [4.78, 5) is 0. The van der Waals surface area contributed by atoms with Crippen LogP contribution in [0, 0.1) is 29.6 Å². The molecule has 0 bridgehead atoms. The van der Waals surface area contributed by atoms with Crippen molar-refractivity contribution in [2.24, 2.45) is 29.6 Å². The fourth-order valence-corrected chi connectivity index (χ4v) is 2.85. The van der Waals surface area contributed by atoms with Crippen LogP contribution in [0.5, 0.6) is 0 Å². The van der Waals surface area contributed by atoms with E-state index in [0.29, 0.717) is 23.7 Å². The second-order valence-electron chi connectivity index (χ2n) is 8.44. The van der Waals surface area contributed by atoms with Gasteiger partial charge in [0.2, 0.25) is 0 Å². The van der Waals surface area contributed by atoms with Crippen molar-refractivity contribution in [3.05, 3.63) is 0 Å². The largest absolute Gasteiger partial charge is 0.384 e. The molecule has 0 saturated carbocycles. The van der Waals surface area contributed by atoms with E-state index in [1.807, 2.05) is 0 Å². The zero-order valence-electron chi connectivity index (χ0n) is 17.9. The molecule has 0 saturated heterocycles. The second kappa shape index (κ2) is 16.0. The number of methoxy groups -OCH3 is 1. The van der Waals surface area contributed by atoms with E-state index < -0.39 is 0 Å². The van der Waals surface area contributed by atoms with Crippen LogP contribution < -0.4 is 0 Å². The van der Waals surface area contributed by atoms with Gasteiger partial charge in [-0.25, -0.2) is 0 Å². The maximum absolute atomic E-state index is 5.85. The molecule has 25 heavy (non-hydrogen) atoms. The van der Waals surface area contributed by atoms with Gasteiger partial charge in [-0.2, -0.15) is 0 Å². The molecular weight excluding hydrogens is 316 g/mol. The van der Waals surface area contributed by atoms with Crippen molar-refractivity contribution in [3.63, 3.8) is 0 Å². The van der Waals surface area contributed by atoms with Gasteiger partial charge in [0, 0.05) is 38.8 Å². The molecule has 0 aliphatic carbocycles. The molecule has 0 aromatic carbocycles. The summed E-state index contributed by atoms with van der Waals surface area (Å²) >= 11 is 0. The van der Waals surface area contributed by atoms with Gasteiger partial charge in [-0.3, -0.25) is 0 Å². The summed E-state index contributed by atoms with van der Waals surface area (Å²) in [5.41, 5.74) is 0. The molecule has 0 rings (SSSR count). The van der Waals surface area contributed by atoms with Crippen LogP contribution in [0.1, 0.15) is 54.4 Å². The zero-order valence-corrected chi connectivity index (χ0v) is 17.9. The molecule has 0 aromatic heterocycles. The Morgan fingerprint density at radius 1 is 0.560 bits per heavy atom. The quantitative estimate of drug-likeness (QED) is 0.353. The van der Waals surface area contributed by atoms with Crippen LogP contribution in [0.3, 0.4) is 0 Å².